The first-order chi connectivity index (χ1) is 10.4. The number of rotatable bonds is 3. The molecule has 0 unspecified atom stereocenters. The standard InChI is InChI=1S/C15H13N3O3S/c16-22(20,21)13-5-3-12(4-6-13)18-15(19)11-2-1-10-7-8-17-14(10)9-11/h1-9,17H,(H,18,19)(H2,16,20,21). The lowest BCUT2D eigenvalue weighted by molar-refractivity contribution is 0.102. The largest absolute Gasteiger partial charge is 0.361 e. The molecule has 3 aromatic rings. The lowest BCUT2D eigenvalue weighted by Gasteiger charge is -2.06. The van der Waals surface area contributed by atoms with Crippen LogP contribution in [0.25, 0.3) is 10.9 Å². The van der Waals surface area contributed by atoms with Crippen molar-refractivity contribution in [3.63, 3.8) is 0 Å². The highest BCUT2D eigenvalue weighted by Crippen LogP contribution is 2.17. The zero-order valence-corrected chi connectivity index (χ0v) is 12.2. The molecule has 1 aromatic heterocycles. The molecule has 0 bridgehead atoms. The first kappa shape index (κ1) is 14.3. The van der Waals surface area contributed by atoms with Crippen molar-refractivity contribution in [3.8, 4) is 0 Å². The zero-order chi connectivity index (χ0) is 15.7. The fourth-order valence-corrected chi connectivity index (χ4v) is 2.64. The molecule has 0 aliphatic rings. The van der Waals surface area contributed by atoms with E-state index in [1.165, 1.54) is 24.3 Å². The van der Waals surface area contributed by atoms with Crippen LogP contribution in [-0.4, -0.2) is 19.3 Å². The summed E-state index contributed by atoms with van der Waals surface area (Å²) in [6.07, 6.45) is 1.80. The number of aromatic amines is 1. The highest BCUT2D eigenvalue weighted by atomic mass is 32.2. The molecule has 2 aromatic carbocycles. The summed E-state index contributed by atoms with van der Waals surface area (Å²) in [6.45, 7) is 0. The maximum Gasteiger partial charge on any atom is 0.255 e. The molecule has 0 aliphatic heterocycles. The molecule has 0 saturated carbocycles. The van der Waals surface area contributed by atoms with Gasteiger partial charge in [0.05, 0.1) is 4.90 Å². The molecule has 6 nitrogen and oxygen atoms in total. The minimum absolute atomic E-state index is 0.00157. The van der Waals surface area contributed by atoms with Gasteiger partial charge >= 0.3 is 0 Å². The fourth-order valence-electron chi connectivity index (χ4n) is 2.12. The number of amides is 1. The average molecular weight is 315 g/mol. The summed E-state index contributed by atoms with van der Waals surface area (Å²) in [7, 11) is -3.73. The van der Waals surface area contributed by atoms with Crippen molar-refractivity contribution in [2.75, 3.05) is 5.32 Å². The van der Waals surface area contributed by atoms with Crippen LogP contribution in [0.3, 0.4) is 0 Å². The van der Waals surface area contributed by atoms with Crippen LogP contribution in [-0.2, 0) is 10.0 Å². The maximum atomic E-state index is 12.2. The van der Waals surface area contributed by atoms with E-state index < -0.39 is 10.0 Å². The second-order valence-corrected chi connectivity index (χ2v) is 6.36. The molecule has 22 heavy (non-hydrogen) atoms. The Bertz CT molecular complexity index is 944. The van der Waals surface area contributed by atoms with Gasteiger partial charge in [-0.3, -0.25) is 4.79 Å². The van der Waals surface area contributed by atoms with Gasteiger partial charge in [-0.1, -0.05) is 6.07 Å². The highest BCUT2D eigenvalue weighted by molar-refractivity contribution is 7.89. The molecular formula is C15H13N3O3S. The van der Waals surface area contributed by atoms with Crippen molar-refractivity contribution in [1.82, 2.24) is 4.98 Å². The van der Waals surface area contributed by atoms with Gasteiger partial charge in [0.2, 0.25) is 10.0 Å². The molecule has 0 saturated heterocycles. The first-order valence-electron chi connectivity index (χ1n) is 6.45. The van der Waals surface area contributed by atoms with Crippen LogP contribution in [0, 0.1) is 0 Å². The molecule has 0 atom stereocenters. The number of nitrogens with two attached hydrogens (primary N) is 1. The zero-order valence-electron chi connectivity index (χ0n) is 11.4. The smallest absolute Gasteiger partial charge is 0.255 e. The molecular weight excluding hydrogens is 302 g/mol. The van der Waals surface area contributed by atoms with Gasteiger partial charge in [0.15, 0.2) is 0 Å². The average Bonchev–Trinajstić information content (AvgIpc) is 2.94. The predicted octanol–water partition coefficient (Wildman–Crippen LogP) is 2.07. The van der Waals surface area contributed by atoms with Gasteiger partial charge in [-0.05, 0) is 47.9 Å². The minimum Gasteiger partial charge on any atom is -0.361 e. The molecule has 0 spiro atoms. The Morgan fingerprint density at radius 1 is 1.05 bits per heavy atom. The molecule has 7 heteroatoms. The number of hydrogen-bond acceptors (Lipinski definition) is 3. The monoisotopic (exact) mass is 315 g/mol. The van der Waals surface area contributed by atoms with Crippen LogP contribution < -0.4 is 10.5 Å². The molecule has 3 rings (SSSR count). The van der Waals surface area contributed by atoms with E-state index in [1.54, 1.807) is 18.3 Å². The van der Waals surface area contributed by atoms with E-state index in [0.29, 0.717) is 11.3 Å². The van der Waals surface area contributed by atoms with Crippen LogP contribution in [0.1, 0.15) is 10.4 Å². The Kier molecular flexibility index (Phi) is 3.44. The Hall–Kier alpha value is -2.64. The molecule has 1 heterocycles. The van der Waals surface area contributed by atoms with Gasteiger partial charge in [-0.2, -0.15) is 0 Å². The lowest BCUT2D eigenvalue weighted by atomic mass is 10.1. The van der Waals surface area contributed by atoms with Crippen molar-refractivity contribution >= 4 is 32.5 Å². The number of aromatic nitrogens is 1. The summed E-state index contributed by atoms with van der Waals surface area (Å²) in [4.78, 5) is 15.2. The number of sulfonamides is 1. The second kappa shape index (κ2) is 5.28. The van der Waals surface area contributed by atoms with Gasteiger partial charge in [0.1, 0.15) is 0 Å². The number of benzene rings is 2. The van der Waals surface area contributed by atoms with E-state index in [-0.39, 0.29) is 10.8 Å². The van der Waals surface area contributed by atoms with E-state index in [0.717, 1.165) is 10.9 Å². The van der Waals surface area contributed by atoms with Crippen molar-refractivity contribution in [3.05, 3.63) is 60.3 Å². The summed E-state index contributed by atoms with van der Waals surface area (Å²) < 4.78 is 22.3. The first-order valence-corrected chi connectivity index (χ1v) is 7.99. The Morgan fingerprint density at radius 2 is 1.77 bits per heavy atom. The molecule has 0 aliphatic carbocycles. The van der Waals surface area contributed by atoms with Crippen LogP contribution in [0.2, 0.25) is 0 Å². The summed E-state index contributed by atoms with van der Waals surface area (Å²) >= 11 is 0. The van der Waals surface area contributed by atoms with Crippen LogP contribution in [0.5, 0.6) is 0 Å². The number of hydrogen-bond donors (Lipinski definition) is 3. The van der Waals surface area contributed by atoms with E-state index in [4.69, 9.17) is 5.14 Å². The van der Waals surface area contributed by atoms with E-state index in [2.05, 4.69) is 10.3 Å². The Morgan fingerprint density at radius 3 is 2.45 bits per heavy atom. The summed E-state index contributed by atoms with van der Waals surface area (Å²) in [6, 6.07) is 12.9. The summed E-state index contributed by atoms with van der Waals surface area (Å²) in [5.41, 5.74) is 1.87. The van der Waals surface area contributed by atoms with Gasteiger partial charge in [0, 0.05) is 23.0 Å². The lowest BCUT2D eigenvalue weighted by Crippen LogP contribution is -2.13. The normalized spacial score (nSPS) is 11.5. The summed E-state index contributed by atoms with van der Waals surface area (Å²) in [5.74, 6) is -0.278. The minimum atomic E-state index is -3.73. The van der Waals surface area contributed by atoms with Gasteiger partial charge < -0.3 is 10.3 Å². The third kappa shape index (κ3) is 2.85. The van der Waals surface area contributed by atoms with E-state index in [1.807, 2.05) is 12.1 Å². The Balaban J connectivity index is 1.81. The number of carbonyl (C=O) groups excluding carboxylic acids is 1. The van der Waals surface area contributed by atoms with Crippen LogP contribution in [0.15, 0.2) is 59.6 Å². The second-order valence-electron chi connectivity index (χ2n) is 4.80. The van der Waals surface area contributed by atoms with Gasteiger partial charge in [-0.15, -0.1) is 0 Å². The van der Waals surface area contributed by atoms with Gasteiger partial charge in [0.25, 0.3) is 5.91 Å². The Labute approximate surface area is 127 Å². The van der Waals surface area contributed by atoms with E-state index in [9.17, 15) is 13.2 Å². The van der Waals surface area contributed by atoms with Crippen molar-refractivity contribution in [2.45, 2.75) is 4.90 Å². The predicted molar refractivity (Wildman–Crippen MR) is 84.1 cm³/mol. The molecule has 112 valence electrons. The third-order valence-electron chi connectivity index (χ3n) is 3.26. The highest BCUT2D eigenvalue weighted by Gasteiger charge is 2.10. The molecule has 0 radical (unpaired) electrons. The fraction of sp³-hybridized carbons (Fsp3) is 0. The molecule has 0 fully saturated rings. The van der Waals surface area contributed by atoms with Crippen LogP contribution in [0.4, 0.5) is 5.69 Å². The summed E-state index contributed by atoms with van der Waals surface area (Å²) in [5, 5.41) is 8.75. The topological polar surface area (TPSA) is 105 Å². The number of anilines is 1. The third-order valence-corrected chi connectivity index (χ3v) is 4.19. The number of primary sulfonamides is 1. The molecule has 1 amide bonds. The maximum absolute atomic E-state index is 12.2. The number of nitrogens with one attached hydrogen (secondary N) is 2. The molecule has 4 N–H and O–H groups in total. The number of fused-ring (bicyclic) bond motifs is 1. The van der Waals surface area contributed by atoms with Gasteiger partial charge in [-0.25, -0.2) is 13.6 Å². The van der Waals surface area contributed by atoms with E-state index >= 15 is 0 Å². The van der Waals surface area contributed by atoms with Crippen molar-refractivity contribution < 1.29 is 13.2 Å². The number of H-pyrrole nitrogens is 1. The van der Waals surface area contributed by atoms with Crippen molar-refractivity contribution in [1.29, 1.82) is 0 Å². The number of carbonyl (C=O) groups is 1. The van der Waals surface area contributed by atoms with Crippen LogP contribution >= 0.6 is 0 Å². The SMILES string of the molecule is NS(=O)(=O)c1ccc(NC(=O)c2ccc3cc[nH]c3c2)cc1. The van der Waals surface area contributed by atoms with Crippen molar-refractivity contribution in [2.24, 2.45) is 5.14 Å². The quantitative estimate of drug-likeness (QED) is 0.689.